The first kappa shape index (κ1) is 16.0. The van der Waals surface area contributed by atoms with E-state index < -0.39 is 0 Å². The summed E-state index contributed by atoms with van der Waals surface area (Å²) in [6.45, 7) is 4.78. The van der Waals surface area contributed by atoms with Crippen LogP contribution in [0.25, 0.3) is 0 Å². The summed E-state index contributed by atoms with van der Waals surface area (Å²) in [5.41, 5.74) is 8.41. The zero-order chi connectivity index (χ0) is 15.1. The van der Waals surface area contributed by atoms with E-state index in [4.69, 9.17) is 17.3 Å². The Balaban J connectivity index is 2.01. The Labute approximate surface area is 132 Å². The Morgan fingerprint density at radius 3 is 2.29 bits per heavy atom. The molecule has 1 unspecified atom stereocenters. The van der Waals surface area contributed by atoms with Gasteiger partial charge in [0.1, 0.15) is 0 Å². The van der Waals surface area contributed by atoms with Crippen molar-refractivity contribution in [1.82, 2.24) is 4.90 Å². The summed E-state index contributed by atoms with van der Waals surface area (Å²) in [4.78, 5) is 2.43. The molecule has 0 aliphatic carbocycles. The molecule has 2 N–H and O–H groups in total. The van der Waals surface area contributed by atoms with E-state index in [2.05, 4.69) is 48.2 Å². The van der Waals surface area contributed by atoms with Crippen molar-refractivity contribution < 1.29 is 0 Å². The van der Waals surface area contributed by atoms with Crippen molar-refractivity contribution in [1.29, 1.82) is 0 Å². The van der Waals surface area contributed by atoms with Crippen molar-refractivity contribution in [2.75, 3.05) is 13.1 Å². The molecule has 1 atom stereocenters. The number of rotatable bonds is 7. The molecule has 0 fully saturated rings. The lowest BCUT2D eigenvalue weighted by molar-refractivity contribution is 0.204. The molecule has 0 heterocycles. The standard InChI is InChI=1S/C18H23ClN2/c1-15(13-16-7-9-18(19)10-8-16)21(12-11-20)14-17-5-3-2-4-6-17/h2-10,15H,11-14,20H2,1H3. The van der Waals surface area contributed by atoms with Crippen molar-refractivity contribution in [3.8, 4) is 0 Å². The molecule has 3 heteroatoms. The number of hydrogen-bond acceptors (Lipinski definition) is 2. The van der Waals surface area contributed by atoms with Crippen LogP contribution < -0.4 is 5.73 Å². The fourth-order valence-corrected chi connectivity index (χ4v) is 2.66. The molecule has 0 aromatic heterocycles. The van der Waals surface area contributed by atoms with E-state index in [1.165, 1.54) is 11.1 Å². The summed E-state index contributed by atoms with van der Waals surface area (Å²) in [6.07, 6.45) is 1.00. The van der Waals surface area contributed by atoms with Gasteiger partial charge < -0.3 is 5.73 Å². The first-order valence-electron chi connectivity index (χ1n) is 7.41. The number of benzene rings is 2. The molecule has 0 saturated heterocycles. The first-order valence-corrected chi connectivity index (χ1v) is 7.79. The van der Waals surface area contributed by atoms with Gasteiger partial charge in [0.05, 0.1) is 0 Å². The van der Waals surface area contributed by atoms with Gasteiger partial charge in [-0.3, -0.25) is 4.90 Å². The monoisotopic (exact) mass is 302 g/mol. The lowest BCUT2D eigenvalue weighted by atomic mass is 10.0. The highest BCUT2D eigenvalue weighted by atomic mass is 35.5. The van der Waals surface area contributed by atoms with Crippen molar-refractivity contribution in [2.45, 2.75) is 25.9 Å². The third-order valence-electron chi connectivity index (χ3n) is 3.71. The third kappa shape index (κ3) is 5.16. The second kappa shape index (κ2) is 8.18. The lowest BCUT2D eigenvalue weighted by Crippen LogP contribution is -2.37. The van der Waals surface area contributed by atoms with E-state index in [9.17, 15) is 0 Å². The zero-order valence-electron chi connectivity index (χ0n) is 12.5. The number of hydrogen-bond donors (Lipinski definition) is 1. The Bertz CT molecular complexity index is 525. The molecule has 2 aromatic rings. The van der Waals surface area contributed by atoms with Gasteiger partial charge in [0, 0.05) is 30.7 Å². The maximum atomic E-state index is 5.94. The number of halogens is 1. The highest BCUT2D eigenvalue weighted by molar-refractivity contribution is 6.30. The van der Waals surface area contributed by atoms with Crippen molar-refractivity contribution in [3.63, 3.8) is 0 Å². The van der Waals surface area contributed by atoms with Crippen LogP contribution in [0.2, 0.25) is 5.02 Å². The maximum absolute atomic E-state index is 5.94. The van der Waals surface area contributed by atoms with E-state index in [0.717, 1.165) is 24.5 Å². The number of nitrogens with two attached hydrogens (primary N) is 1. The fraction of sp³-hybridized carbons (Fsp3) is 0.333. The molecule has 0 aliphatic heterocycles. The topological polar surface area (TPSA) is 29.3 Å². The van der Waals surface area contributed by atoms with Gasteiger partial charge in [-0.05, 0) is 36.6 Å². The van der Waals surface area contributed by atoms with Crippen LogP contribution in [-0.2, 0) is 13.0 Å². The van der Waals surface area contributed by atoms with Crippen LogP contribution in [0.5, 0.6) is 0 Å². The summed E-state index contributed by atoms with van der Waals surface area (Å²) < 4.78 is 0. The summed E-state index contributed by atoms with van der Waals surface area (Å²) in [5.74, 6) is 0. The fourth-order valence-electron chi connectivity index (χ4n) is 2.53. The summed E-state index contributed by atoms with van der Waals surface area (Å²) >= 11 is 5.94. The molecular weight excluding hydrogens is 280 g/mol. The first-order chi connectivity index (χ1) is 10.2. The van der Waals surface area contributed by atoms with Crippen LogP contribution in [0.3, 0.4) is 0 Å². The Hall–Kier alpha value is -1.35. The normalized spacial score (nSPS) is 12.6. The smallest absolute Gasteiger partial charge is 0.0406 e. The molecule has 0 amide bonds. The average Bonchev–Trinajstić information content (AvgIpc) is 2.50. The summed E-state index contributed by atoms with van der Waals surface area (Å²) in [7, 11) is 0. The Morgan fingerprint density at radius 1 is 1.00 bits per heavy atom. The van der Waals surface area contributed by atoms with Gasteiger partial charge in [-0.25, -0.2) is 0 Å². The molecule has 21 heavy (non-hydrogen) atoms. The van der Waals surface area contributed by atoms with Crippen molar-refractivity contribution >= 4 is 11.6 Å². The van der Waals surface area contributed by atoms with E-state index in [1.807, 2.05) is 18.2 Å². The van der Waals surface area contributed by atoms with Gasteiger partial charge in [0.2, 0.25) is 0 Å². The largest absolute Gasteiger partial charge is 0.329 e. The highest BCUT2D eigenvalue weighted by Gasteiger charge is 2.14. The van der Waals surface area contributed by atoms with E-state index in [0.29, 0.717) is 12.6 Å². The van der Waals surface area contributed by atoms with E-state index in [-0.39, 0.29) is 0 Å². The lowest BCUT2D eigenvalue weighted by Gasteiger charge is -2.29. The third-order valence-corrected chi connectivity index (χ3v) is 3.96. The minimum Gasteiger partial charge on any atom is -0.329 e. The molecule has 0 aliphatic rings. The second-order valence-electron chi connectivity index (χ2n) is 5.42. The van der Waals surface area contributed by atoms with Crippen LogP contribution in [0, 0.1) is 0 Å². The molecule has 2 nitrogen and oxygen atoms in total. The SMILES string of the molecule is CC(Cc1ccc(Cl)cc1)N(CCN)Cc1ccccc1. The van der Waals surface area contributed by atoms with Crippen molar-refractivity contribution in [3.05, 3.63) is 70.7 Å². The molecule has 2 aromatic carbocycles. The molecule has 0 spiro atoms. The van der Waals surface area contributed by atoms with Crippen LogP contribution in [-0.4, -0.2) is 24.0 Å². The molecule has 2 rings (SSSR count). The van der Waals surface area contributed by atoms with Gasteiger partial charge in [0.25, 0.3) is 0 Å². The second-order valence-corrected chi connectivity index (χ2v) is 5.86. The minimum atomic E-state index is 0.440. The average molecular weight is 303 g/mol. The summed E-state index contributed by atoms with van der Waals surface area (Å²) in [6, 6.07) is 19.1. The molecule has 0 saturated carbocycles. The molecule has 112 valence electrons. The minimum absolute atomic E-state index is 0.440. The van der Waals surface area contributed by atoms with Crippen LogP contribution in [0.1, 0.15) is 18.1 Å². The van der Waals surface area contributed by atoms with E-state index in [1.54, 1.807) is 0 Å². The Kier molecular flexibility index (Phi) is 6.24. The van der Waals surface area contributed by atoms with Crippen LogP contribution in [0.15, 0.2) is 54.6 Å². The quantitative estimate of drug-likeness (QED) is 0.844. The molecule has 0 radical (unpaired) electrons. The zero-order valence-corrected chi connectivity index (χ0v) is 13.3. The predicted octanol–water partition coefficient (Wildman–Crippen LogP) is 3.73. The van der Waals surface area contributed by atoms with Gasteiger partial charge >= 0.3 is 0 Å². The van der Waals surface area contributed by atoms with Gasteiger partial charge in [0.15, 0.2) is 0 Å². The van der Waals surface area contributed by atoms with Crippen LogP contribution >= 0.6 is 11.6 Å². The van der Waals surface area contributed by atoms with Crippen molar-refractivity contribution in [2.24, 2.45) is 5.73 Å². The van der Waals surface area contributed by atoms with Crippen LogP contribution in [0.4, 0.5) is 0 Å². The maximum Gasteiger partial charge on any atom is 0.0406 e. The predicted molar refractivity (Wildman–Crippen MR) is 90.5 cm³/mol. The van der Waals surface area contributed by atoms with Gasteiger partial charge in [-0.15, -0.1) is 0 Å². The van der Waals surface area contributed by atoms with Gasteiger partial charge in [-0.1, -0.05) is 54.1 Å². The Morgan fingerprint density at radius 2 is 1.67 bits per heavy atom. The molecular formula is C18H23ClN2. The summed E-state index contributed by atoms with van der Waals surface area (Å²) in [5, 5.41) is 0.787. The highest BCUT2D eigenvalue weighted by Crippen LogP contribution is 2.15. The van der Waals surface area contributed by atoms with Gasteiger partial charge in [-0.2, -0.15) is 0 Å². The van der Waals surface area contributed by atoms with E-state index >= 15 is 0 Å². The number of nitrogens with zero attached hydrogens (tertiary/aromatic N) is 1. The molecule has 0 bridgehead atoms.